The Labute approximate surface area is 157 Å². The van der Waals surface area contributed by atoms with Crippen LogP contribution >= 0.6 is 11.6 Å². The van der Waals surface area contributed by atoms with Crippen LogP contribution in [0.2, 0.25) is 5.02 Å². The number of fused-ring (bicyclic) bond motifs is 1. The Bertz CT molecular complexity index is 901. The number of carbonyl (C=O) groups is 1. The molecule has 2 aromatic carbocycles. The Balaban J connectivity index is 1.33. The van der Waals surface area contributed by atoms with Gasteiger partial charge < -0.3 is 9.80 Å². The number of hydrogen-bond acceptors (Lipinski definition) is 3. The number of halogens is 1. The van der Waals surface area contributed by atoms with E-state index in [1.807, 2.05) is 33.8 Å². The average Bonchev–Trinajstić information content (AvgIpc) is 3.09. The molecule has 0 radical (unpaired) electrons. The van der Waals surface area contributed by atoms with Gasteiger partial charge in [0.2, 0.25) is 5.91 Å². The standard InChI is InChI=1S/C20H21ClN4O/c21-17-6-7-19-16(14-17)15-22-25(19)9-8-20(26)24-12-10-23(11-13-24)18-4-2-1-3-5-18/h1-7,14-15H,8-13H2. The normalized spacial score (nSPS) is 14.8. The van der Waals surface area contributed by atoms with Crippen molar-refractivity contribution in [2.75, 3.05) is 31.1 Å². The van der Waals surface area contributed by atoms with E-state index in [1.165, 1.54) is 5.69 Å². The van der Waals surface area contributed by atoms with Gasteiger partial charge in [0.1, 0.15) is 0 Å². The second-order valence-electron chi connectivity index (χ2n) is 6.52. The molecule has 1 amide bonds. The minimum atomic E-state index is 0.190. The van der Waals surface area contributed by atoms with E-state index in [1.54, 1.807) is 6.20 Å². The van der Waals surface area contributed by atoms with Gasteiger partial charge in [-0.15, -0.1) is 0 Å². The molecule has 6 heteroatoms. The SMILES string of the molecule is O=C(CCn1ncc2cc(Cl)ccc21)N1CCN(c2ccccc2)CC1. The van der Waals surface area contributed by atoms with Gasteiger partial charge in [-0.1, -0.05) is 29.8 Å². The van der Waals surface area contributed by atoms with Crippen molar-refractivity contribution in [2.24, 2.45) is 0 Å². The smallest absolute Gasteiger partial charge is 0.224 e. The molecule has 1 aliphatic rings. The van der Waals surface area contributed by atoms with Gasteiger partial charge in [-0.3, -0.25) is 9.48 Å². The van der Waals surface area contributed by atoms with E-state index in [0.717, 1.165) is 37.1 Å². The molecular formula is C20H21ClN4O. The van der Waals surface area contributed by atoms with Crippen LogP contribution in [0.5, 0.6) is 0 Å². The summed E-state index contributed by atoms with van der Waals surface area (Å²) in [6, 6.07) is 16.1. The van der Waals surface area contributed by atoms with Crippen LogP contribution in [-0.2, 0) is 11.3 Å². The van der Waals surface area contributed by atoms with Crippen molar-refractivity contribution < 1.29 is 4.79 Å². The molecule has 0 spiro atoms. The number of benzene rings is 2. The van der Waals surface area contributed by atoms with Crippen LogP contribution in [0, 0.1) is 0 Å². The Kier molecular flexibility index (Phi) is 4.80. The molecule has 0 N–H and O–H groups in total. The average molecular weight is 369 g/mol. The van der Waals surface area contributed by atoms with Gasteiger partial charge >= 0.3 is 0 Å². The molecule has 26 heavy (non-hydrogen) atoms. The summed E-state index contributed by atoms with van der Waals surface area (Å²) in [5.74, 6) is 0.190. The number of nitrogens with zero attached hydrogens (tertiary/aromatic N) is 4. The first-order valence-corrected chi connectivity index (χ1v) is 9.27. The van der Waals surface area contributed by atoms with E-state index >= 15 is 0 Å². The number of carbonyl (C=O) groups excluding carboxylic acids is 1. The first-order valence-electron chi connectivity index (χ1n) is 8.89. The van der Waals surface area contributed by atoms with Crippen molar-refractivity contribution >= 4 is 34.1 Å². The number of anilines is 1. The van der Waals surface area contributed by atoms with E-state index in [4.69, 9.17) is 11.6 Å². The molecule has 0 aliphatic carbocycles. The summed E-state index contributed by atoms with van der Waals surface area (Å²) in [4.78, 5) is 16.9. The molecular weight excluding hydrogens is 348 g/mol. The number of para-hydroxylation sites is 1. The molecule has 0 unspecified atom stereocenters. The van der Waals surface area contributed by atoms with Gasteiger partial charge in [-0.2, -0.15) is 5.10 Å². The summed E-state index contributed by atoms with van der Waals surface area (Å²) < 4.78 is 1.88. The predicted octanol–water partition coefficient (Wildman–Crippen LogP) is 3.43. The molecule has 3 aromatic rings. The van der Waals surface area contributed by atoms with Crippen molar-refractivity contribution in [3.63, 3.8) is 0 Å². The van der Waals surface area contributed by atoms with Crippen LogP contribution < -0.4 is 4.90 Å². The number of piperazine rings is 1. The highest BCUT2D eigenvalue weighted by Crippen LogP contribution is 2.20. The maximum Gasteiger partial charge on any atom is 0.224 e. The molecule has 1 saturated heterocycles. The molecule has 4 rings (SSSR count). The summed E-state index contributed by atoms with van der Waals surface area (Å²) in [5, 5.41) is 6.08. The number of rotatable bonds is 4. The van der Waals surface area contributed by atoms with E-state index in [-0.39, 0.29) is 5.91 Å². The monoisotopic (exact) mass is 368 g/mol. The Morgan fingerprint density at radius 3 is 2.58 bits per heavy atom. The first-order chi connectivity index (χ1) is 12.7. The van der Waals surface area contributed by atoms with Crippen molar-refractivity contribution in [3.8, 4) is 0 Å². The zero-order valence-electron chi connectivity index (χ0n) is 14.5. The fraction of sp³-hybridized carbons (Fsp3) is 0.300. The van der Waals surface area contributed by atoms with Gasteiger partial charge in [0.15, 0.2) is 0 Å². The van der Waals surface area contributed by atoms with Crippen molar-refractivity contribution in [1.29, 1.82) is 0 Å². The third-order valence-corrected chi connectivity index (χ3v) is 5.13. The topological polar surface area (TPSA) is 41.4 Å². The second-order valence-corrected chi connectivity index (χ2v) is 6.96. The number of amides is 1. The van der Waals surface area contributed by atoms with Crippen molar-refractivity contribution in [1.82, 2.24) is 14.7 Å². The van der Waals surface area contributed by atoms with E-state index in [0.29, 0.717) is 18.0 Å². The van der Waals surface area contributed by atoms with Gasteiger partial charge in [-0.05, 0) is 30.3 Å². The molecule has 1 fully saturated rings. The minimum absolute atomic E-state index is 0.190. The van der Waals surface area contributed by atoms with Gasteiger partial charge in [0.05, 0.1) is 18.3 Å². The number of hydrogen-bond donors (Lipinski definition) is 0. The predicted molar refractivity (Wildman–Crippen MR) is 105 cm³/mol. The lowest BCUT2D eigenvalue weighted by Gasteiger charge is -2.36. The van der Waals surface area contributed by atoms with Crippen LogP contribution in [-0.4, -0.2) is 46.8 Å². The lowest BCUT2D eigenvalue weighted by Crippen LogP contribution is -2.48. The molecule has 0 bridgehead atoms. The van der Waals surface area contributed by atoms with E-state index in [2.05, 4.69) is 34.3 Å². The molecule has 0 saturated carbocycles. The third-order valence-electron chi connectivity index (χ3n) is 4.90. The summed E-state index contributed by atoms with van der Waals surface area (Å²) in [5.41, 5.74) is 2.23. The first kappa shape index (κ1) is 16.9. The van der Waals surface area contributed by atoms with Crippen LogP contribution in [0.1, 0.15) is 6.42 Å². The summed E-state index contributed by atoms with van der Waals surface area (Å²) >= 11 is 6.01. The van der Waals surface area contributed by atoms with Crippen molar-refractivity contribution in [2.45, 2.75) is 13.0 Å². The maximum atomic E-state index is 12.6. The van der Waals surface area contributed by atoms with E-state index < -0.39 is 0 Å². The van der Waals surface area contributed by atoms with Crippen LogP contribution in [0.25, 0.3) is 10.9 Å². The quantitative estimate of drug-likeness (QED) is 0.708. The van der Waals surface area contributed by atoms with E-state index in [9.17, 15) is 4.79 Å². The van der Waals surface area contributed by atoms with Crippen LogP contribution in [0.3, 0.4) is 0 Å². The molecule has 5 nitrogen and oxygen atoms in total. The summed E-state index contributed by atoms with van der Waals surface area (Å²) in [6.45, 7) is 3.87. The Morgan fingerprint density at radius 1 is 1.04 bits per heavy atom. The number of aryl methyl sites for hydroxylation is 1. The zero-order valence-corrected chi connectivity index (χ0v) is 15.3. The Hall–Kier alpha value is -2.53. The molecule has 134 valence electrons. The van der Waals surface area contributed by atoms with Gasteiger partial charge in [-0.25, -0.2) is 0 Å². The van der Waals surface area contributed by atoms with Crippen molar-refractivity contribution in [3.05, 3.63) is 59.8 Å². The fourth-order valence-corrected chi connectivity index (χ4v) is 3.63. The molecule has 1 aromatic heterocycles. The minimum Gasteiger partial charge on any atom is -0.368 e. The highest BCUT2D eigenvalue weighted by Gasteiger charge is 2.21. The summed E-state index contributed by atoms with van der Waals surface area (Å²) in [7, 11) is 0. The summed E-state index contributed by atoms with van der Waals surface area (Å²) in [6.07, 6.45) is 2.26. The maximum absolute atomic E-state index is 12.6. The van der Waals surface area contributed by atoms with Gasteiger partial charge in [0.25, 0.3) is 0 Å². The second kappa shape index (κ2) is 7.38. The molecule has 1 aliphatic heterocycles. The number of aromatic nitrogens is 2. The highest BCUT2D eigenvalue weighted by molar-refractivity contribution is 6.31. The molecule has 0 atom stereocenters. The third kappa shape index (κ3) is 3.53. The zero-order chi connectivity index (χ0) is 17.9. The Morgan fingerprint density at radius 2 is 1.81 bits per heavy atom. The molecule has 2 heterocycles. The lowest BCUT2D eigenvalue weighted by atomic mass is 10.2. The lowest BCUT2D eigenvalue weighted by molar-refractivity contribution is -0.131. The van der Waals surface area contributed by atoms with Crippen LogP contribution in [0.15, 0.2) is 54.7 Å². The van der Waals surface area contributed by atoms with Gasteiger partial charge in [0, 0.05) is 48.7 Å². The largest absolute Gasteiger partial charge is 0.368 e. The highest BCUT2D eigenvalue weighted by atomic mass is 35.5. The fourth-order valence-electron chi connectivity index (χ4n) is 3.45. The van der Waals surface area contributed by atoms with Crippen LogP contribution in [0.4, 0.5) is 5.69 Å².